The molecule has 0 atom stereocenters. The molecule has 1 amide bonds. The lowest BCUT2D eigenvalue weighted by Crippen LogP contribution is -2.28. The zero-order valence-electron chi connectivity index (χ0n) is 7.64. The Kier molecular flexibility index (Phi) is 4.02. The van der Waals surface area contributed by atoms with Crippen LogP contribution in [0.1, 0.15) is 10.4 Å². The summed E-state index contributed by atoms with van der Waals surface area (Å²) < 4.78 is 24.3. The first kappa shape index (κ1) is 11.9. The van der Waals surface area contributed by atoms with Crippen molar-refractivity contribution in [3.8, 4) is 0 Å². The zero-order valence-corrected chi connectivity index (χ0v) is 9.22. The summed E-state index contributed by atoms with van der Waals surface area (Å²) in [7, 11) is 0. The van der Waals surface area contributed by atoms with Crippen LogP contribution < -0.4 is 11.1 Å². The summed E-state index contributed by atoms with van der Waals surface area (Å²) >= 11 is 3.16. The fourth-order valence-corrected chi connectivity index (χ4v) is 1.20. The molecule has 82 valence electrons. The summed E-state index contributed by atoms with van der Waals surface area (Å²) in [6.45, 7) is -0.658. The summed E-state index contributed by atoms with van der Waals surface area (Å²) in [4.78, 5) is 11.3. The molecule has 1 aromatic rings. The second-order valence-corrected chi connectivity index (χ2v) is 3.69. The van der Waals surface area contributed by atoms with Gasteiger partial charge in [-0.15, -0.1) is 0 Å². The Bertz CT molecular complexity index is 371. The van der Waals surface area contributed by atoms with Crippen LogP contribution in [0, 0.1) is 0 Å². The first-order valence-electron chi connectivity index (χ1n) is 4.12. The predicted molar refractivity (Wildman–Crippen MR) is 56.9 cm³/mol. The maximum Gasteiger partial charge on any atom is 0.255 e. The van der Waals surface area contributed by atoms with Crippen LogP contribution in [0.15, 0.2) is 22.7 Å². The highest BCUT2D eigenvalue weighted by atomic mass is 79.9. The lowest BCUT2D eigenvalue weighted by atomic mass is 10.2. The van der Waals surface area contributed by atoms with Gasteiger partial charge in [-0.05, 0) is 34.1 Å². The number of hydrogen-bond acceptors (Lipinski definition) is 2. The van der Waals surface area contributed by atoms with Gasteiger partial charge >= 0.3 is 0 Å². The van der Waals surface area contributed by atoms with E-state index in [-0.39, 0.29) is 5.56 Å². The number of nitrogens with one attached hydrogen (secondary N) is 1. The van der Waals surface area contributed by atoms with Crippen LogP contribution in [0.4, 0.5) is 14.5 Å². The summed E-state index contributed by atoms with van der Waals surface area (Å²) in [5.74, 6) is -0.561. The highest BCUT2D eigenvalue weighted by Crippen LogP contribution is 2.20. The monoisotopic (exact) mass is 278 g/mol. The molecule has 0 aliphatic rings. The highest BCUT2D eigenvalue weighted by molar-refractivity contribution is 9.10. The van der Waals surface area contributed by atoms with Gasteiger partial charge in [0.15, 0.2) is 0 Å². The van der Waals surface area contributed by atoms with Gasteiger partial charge in [-0.3, -0.25) is 4.79 Å². The highest BCUT2D eigenvalue weighted by Gasteiger charge is 2.09. The van der Waals surface area contributed by atoms with Crippen LogP contribution in [0.5, 0.6) is 0 Å². The van der Waals surface area contributed by atoms with Crippen LogP contribution in [0.3, 0.4) is 0 Å². The van der Waals surface area contributed by atoms with Gasteiger partial charge < -0.3 is 11.1 Å². The third-order valence-corrected chi connectivity index (χ3v) is 2.40. The van der Waals surface area contributed by atoms with Crippen LogP contribution in [0.2, 0.25) is 0 Å². The van der Waals surface area contributed by atoms with Gasteiger partial charge in [-0.25, -0.2) is 8.78 Å². The summed E-state index contributed by atoms with van der Waals surface area (Å²) in [5.41, 5.74) is 6.19. The van der Waals surface area contributed by atoms with E-state index in [2.05, 4.69) is 21.2 Å². The Hall–Kier alpha value is -1.17. The second-order valence-electron chi connectivity index (χ2n) is 2.84. The topological polar surface area (TPSA) is 55.1 Å². The number of nitrogens with two attached hydrogens (primary N) is 1. The van der Waals surface area contributed by atoms with Crippen molar-refractivity contribution in [2.45, 2.75) is 6.43 Å². The van der Waals surface area contributed by atoms with Crippen molar-refractivity contribution in [2.75, 3.05) is 12.3 Å². The van der Waals surface area contributed by atoms with Crippen molar-refractivity contribution in [2.24, 2.45) is 0 Å². The Morgan fingerprint density at radius 2 is 2.20 bits per heavy atom. The third kappa shape index (κ3) is 3.47. The second kappa shape index (κ2) is 5.06. The molecule has 0 aliphatic carbocycles. The van der Waals surface area contributed by atoms with Gasteiger partial charge in [0.2, 0.25) is 0 Å². The van der Waals surface area contributed by atoms with E-state index in [1.807, 2.05) is 0 Å². The maximum atomic E-state index is 11.8. The average Bonchev–Trinajstić information content (AvgIpc) is 2.18. The number of halogens is 3. The third-order valence-electron chi connectivity index (χ3n) is 1.68. The van der Waals surface area contributed by atoms with Gasteiger partial charge in [0.05, 0.1) is 6.54 Å². The minimum Gasteiger partial charge on any atom is -0.398 e. The van der Waals surface area contributed by atoms with Gasteiger partial charge in [0.1, 0.15) is 0 Å². The Balaban J connectivity index is 2.70. The van der Waals surface area contributed by atoms with Gasteiger partial charge in [-0.1, -0.05) is 0 Å². The minimum absolute atomic E-state index is 0.261. The number of carbonyl (C=O) groups excluding carboxylic acids is 1. The Morgan fingerprint density at radius 3 is 2.73 bits per heavy atom. The van der Waals surface area contributed by atoms with Gasteiger partial charge in [0.25, 0.3) is 12.3 Å². The van der Waals surface area contributed by atoms with Crippen LogP contribution in [-0.2, 0) is 0 Å². The number of alkyl halides is 2. The van der Waals surface area contributed by atoms with Crippen molar-refractivity contribution < 1.29 is 13.6 Å². The molecule has 0 radical (unpaired) electrons. The molecule has 0 bridgehead atoms. The zero-order chi connectivity index (χ0) is 11.4. The van der Waals surface area contributed by atoms with Crippen molar-refractivity contribution in [3.63, 3.8) is 0 Å². The molecule has 1 rings (SSSR count). The number of nitrogen functional groups attached to an aromatic ring is 1. The smallest absolute Gasteiger partial charge is 0.255 e. The number of rotatable bonds is 3. The molecule has 0 aromatic heterocycles. The molecular weight excluding hydrogens is 270 g/mol. The van der Waals surface area contributed by atoms with Crippen molar-refractivity contribution >= 4 is 27.5 Å². The van der Waals surface area contributed by atoms with Crippen LogP contribution in [-0.4, -0.2) is 18.9 Å². The largest absolute Gasteiger partial charge is 0.398 e. The molecule has 0 heterocycles. The fraction of sp³-hybridized carbons (Fsp3) is 0.222. The van der Waals surface area contributed by atoms with Gasteiger partial charge in [-0.2, -0.15) is 0 Å². The number of carbonyl (C=O) groups is 1. The van der Waals surface area contributed by atoms with Crippen LogP contribution in [0.25, 0.3) is 0 Å². The molecule has 3 nitrogen and oxygen atoms in total. The molecule has 15 heavy (non-hydrogen) atoms. The SMILES string of the molecule is Nc1cc(C(=O)NCC(F)F)ccc1Br. The molecule has 3 N–H and O–H groups in total. The van der Waals surface area contributed by atoms with E-state index in [9.17, 15) is 13.6 Å². The predicted octanol–water partition coefficient (Wildman–Crippen LogP) is 2.03. The maximum absolute atomic E-state index is 11.8. The molecule has 0 saturated carbocycles. The van der Waals surface area contributed by atoms with E-state index >= 15 is 0 Å². The first-order chi connectivity index (χ1) is 7.00. The van der Waals surface area contributed by atoms with Gasteiger partial charge in [0, 0.05) is 15.7 Å². The minimum atomic E-state index is -2.55. The van der Waals surface area contributed by atoms with E-state index in [1.165, 1.54) is 12.1 Å². The lowest BCUT2D eigenvalue weighted by molar-refractivity contribution is 0.0892. The number of amides is 1. The summed E-state index contributed by atoms with van der Waals surface area (Å²) in [6, 6.07) is 4.51. The van der Waals surface area contributed by atoms with Crippen LogP contribution >= 0.6 is 15.9 Å². The van der Waals surface area contributed by atoms with E-state index < -0.39 is 18.9 Å². The Morgan fingerprint density at radius 1 is 1.53 bits per heavy atom. The summed E-state index contributed by atoms with van der Waals surface area (Å²) in [6.07, 6.45) is -2.55. The first-order valence-corrected chi connectivity index (χ1v) is 4.91. The van der Waals surface area contributed by atoms with E-state index in [0.717, 1.165) is 0 Å². The average molecular weight is 279 g/mol. The normalized spacial score (nSPS) is 10.4. The fourth-order valence-electron chi connectivity index (χ4n) is 0.957. The molecule has 0 spiro atoms. The number of hydrogen-bond donors (Lipinski definition) is 2. The molecule has 6 heteroatoms. The van der Waals surface area contributed by atoms with Crippen molar-refractivity contribution in [1.29, 1.82) is 0 Å². The van der Waals surface area contributed by atoms with E-state index in [0.29, 0.717) is 10.2 Å². The Labute approximate surface area is 93.8 Å². The molecule has 0 unspecified atom stereocenters. The summed E-state index contributed by atoms with van der Waals surface area (Å²) in [5, 5.41) is 2.09. The quantitative estimate of drug-likeness (QED) is 0.832. The number of anilines is 1. The lowest BCUT2D eigenvalue weighted by Gasteiger charge is -2.05. The molecule has 0 saturated heterocycles. The standard InChI is InChI=1S/C9H9BrF2N2O/c10-6-2-1-5(3-7(6)13)9(15)14-4-8(11)12/h1-3,8H,4,13H2,(H,14,15). The van der Waals surface area contributed by atoms with Crippen molar-refractivity contribution in [3.05, 3.63) is 28.2 Å². The van der Waals surface area contributed by atoms with E-state index in [1.54, 1.807) is 6.07 Å². The molecule has 0 aliphatic heterocycles. The molecule has 0 fully saturated rings. The van der Waals surface area contributed by atoms with Crippen molar-refractivity contribution in [1.82, 2.24) is 5.32 Å². The van der Waals surface area contributed by atoms with E-state index in [4.69, 9.17) is 5.73 Å². The molecule has 1 aromatic carbocycles. The number of benzene rings is 1. The molecular formula is C9H9BrF2N2O.